The van der Waals surface area contributed by atoms with Gasteiger partial charge >= 0.3 is 0 Å². The molecule has 1 saturated carbocycles. The summed E-state index contributed by atoms with van der Waals surface area (Å²) in [5.41, 5.74) is 3.92. The van der Waals surface area contributed by atoms with Crippen LogP contribution in [0.4, 0.5) is 0 Å². The van der Waals surface area contributed by atoms with Crippen LogP contribution in [0.15, 0.2) is 36.4 Å². The van der Waals surface area contributed by atoms with E-state index in [0.29, 0.717) is 18.0 Å². The number of amides is 3. The Kier molecular flexibility index (Phi) is 5.65. The molecule has 1 saturated heterocycles. The molecule has 2 aliphatic rings. The van der Waals surface area contributed by atoms with Crippen LogP contribution < -0.4 is 10.6 Å². The number of imide groups is 1. The van der Waals surface area contributed by atoms with Crippen molar-refractivity contribution in [1.29, 1.82) is 0 Å². The largest absolute Gasteiger partial charge is 0.348 e. The minimum Gasteiger partial charge on any atom is -0.348 e. The van der Waals surface area contributed by atoms with Crippen molar-refractivity contribution in [1.82, 2.24) is 15.6 Å². The molecule has 1 aromatic carbocycles. The maximum Gasteiger partial charge on any atom is 0.251 e. The van der Waals surface area contributed by atoms with Crippen molar-refractivity contribution in [3.05, 3.63) is 64.5 Å². The quantitative estimate of drug-likeness (QED) is 0.698. The molecule has 162 valence electrons. The van der Waals surface area contributed by atoms with Gasteiger partial charge in [0.05, 0.1) is 5.41 Å². The fraction of sp³-hybridized carbons (Fsp3) is 0.440. The molecule has 1 unspecified atom stereocenters. The lowest BCUT2D eigenvalue weighted by Gasteiger charge is -2.28. The molecule has 0 radical (unpaired) electrons. The van der Waals surface area contributed by atoms with E-state index in [0.717, 1.165) is 22.5 Å². The maximum atomic E-state index is 12.6. The van der Waals surface area contributed by atoms with E-state index in [4.69, 9.17) is 0 Å². The Hall–Kier alpha value is -3.02. The van der Waals surface area contributed by atoms with E-state index in [9.17, 15) is 14.4 Å². The third-order valence-corrected chi connectivity index (χ3v) is 6.94. The fourth-order valence-corrected chi connectivity index (χ4v) is 4.44. The minimum absolute atomic E-state index is 0.138. The highest BCUT2D eigenvalue weighted by atomic mass is 16.2. The van der Waals surface area contributed by atoms with E-state index in [2.05, 4.69) is 21.7 Å². The van der Waals surface area contributed by atoms with Crippen LogP contribution in [0.25, 0.3) is 0 Å². The van der Waals surface area contributed by atoms with Gasteiger partial charge in [-0.15, -0.1) is 0 Å². The standard InChI is InChI=1S/C25H29N3O3/c1-15-11-17(12-21(27-15)19-5-4-6-19)14-26-23(30)20-9-7-18(8-10-20)16(2)25(3)13-22(29)28-24(25)31/h7-12,16,19H,4-6,13-14H2,1-3H3,(H,26,30)(H,28,29,31)/t16?,25-/m0/s1. The summed E-state index contributed by atoms with van der Waals surface area (Å²) in [5, 5.41) is 5.39. The van der Waals surface area contributed by atoms with Gasteiger partial charge in [0.1, 0.15) is 0 Å². The predicted octanol–water partition coefficient (Wildman–Crippen LogP) is 3.74. The first kappa shape index (κ1) is 21.2. The van der Waals surface area contributed by atoms with Crippen molar-refractivity contribution >= 4 is 17.7 Å². The van der Waals surface area contributed by atoms with E-state index < -0.39 is 5.41 Å². The lowest BCUT2D eigenvalue weighted by molar-refractivity contribution is -0.128. The molecule has 4 rings (SSSR count). The molecule has 6 nitrogen and oxygen atoms in total. The Balaban J connectivity index is 1.40. The van der Waals surface area contributed by atoms with Crippen LogP contribution in [0.3, 0.4) is 0 Å². The number of benzene rings is 1. The molecule has 3 amide bonds. The number of carbonyl (C=O) groups excluding carboxylic acids is 3. The van der Waals surface area contributed by atoms with Gasteiger partial charge in [0, 0.05) is 35.8 Å². The maximum absolute atomic E-state index is 12.6. The van der Waals surface area contributed by atoms with Gasteiger partial charge in [-0.1, -0.05) is 25.5 Å². The molecule has 2 fully saturated rings. The monoisotopic (exact) mass is 419 g/mol. The summed E-state index contributed by atoms with van der Waals surface area (Å²) < 4.78 is 0. The number of hydrogen-bond donors (Lipinski definition) is 2. The summed E-state index contributed by atoms with van der Waals surface area (Å²) >= 11 is 0. The summed E-state index contributed by atoms with van der Waals surface area (Å²) in [5.74, 6) is -0.189. The van der Waals surface area contributed by atoms with Crippen LogP contribution in [0, 0.1) is 12.3 Å². The molecule has 31 heavy (non-hydrogen) atoms. The second-order valence-corrected chi connectivity index (χ2v) is 9.17. The van der Waals surface area contributed by atoms with Gasteiger partial charge in [0.15, 0.2) is 0 Å². The summed E-state index contributed by atoms with van der Waals surface area (Å²) in [7, 11) is 0. The van der Waals surface area contributed by atoms with Crippen LogP contribution >= 0.6 is 0 Å². The highest BCUT2D eigenvalue weighted by molar-refractivity contribution is 6.06. The van der Waals surface area contributed by atoms with Crippen LogP contribution in [-0.2, 0) is 16.1 Å². The fourth-order valence-electron chi connectivity index (χ4n) is 4.44. The molecule has 6 heteroatoms. The molecule has 1 aliphatic carbocycles. The van der Waals surface area contributed by atoms with E-state index in [1.54, 1.807) is 12.1 Å². The second-order valence-electron chi connectivity index (χ2n) is 9.17. The zero-order valence-electron chi connectivity index (χ0n) is 18.3. The second kappa shape index (κ2) is 8.25. The average molecular weight is 420 g/mol. The van der Waals surface area contributed by atoms with Gasteiger partial charge in [-0.3, -0.25) is 24.7 Å². The van der Waals surface area contributed by atoms with E-state index in [1.807, 2.05) is 39.0 Å². The smallest absolute Gasteiger partial charge is 0.251 e. The first-order valence-corrected chi connectivity index (χ1v) is 11.0. The SMILES string of the molecule is Cc1cc(CNC(=O)c2ccc(C(C)[C@]3(C)CC(=O)NC3=O)cc2)cc(C2CCC2)n1. The predicted molar refractivity (Wildman–Crippen MR) is 117 cm³/mol. The zero-order chi connectivity index (χ0) is 22.2. The van der Waals surface area contributed by atoms with Crippen molar-refractivity contribution in [3.8, 4) is 0 Å². The number of nitrogens with zero attached hydrogens (tertiary/aromatic N) is 1. The molecule has 1 aliphatic heterocycles. The Morgan fingerprint density at radius 2 is 1.94 bits per heavy atom. The van der Waals surface area contributed by atoms with Crippen LogP contribution in [-0.4, -0.2) is 22.7 Å². The Labute approximate surface area is 182 Å². The van der Waals surface area contributed by atoms with Gasteiger partial charge < -0.3 is 5.32 Å². The number of aromatic nitrogens is 1. The van der Waals surface area contributed by atoms with Gasteiger partial charge in [0.2, 0.25) is 11.8 Å². The highest BCUT2D eigenvalue weighted by Gasteiger charge is 2.46. The first-order chi connectivity index (χ1) is 14.8. The van der Waals surface area contributed by atoms with Gasteiger partial charge in [-0.25, -0.2) is 0 Å². The summed E-state index contributed by atoms with van der Waals surface area (Å²) in [6.07, 6.45) is 3.84. The lowest BCUT2D eigenvalue weighted by atomic mass is 9.73. The summed E-state index contributed by atoms with van der Waals surface area (Å²) in [6.45, 7) is 6.21. The zero-order valence-corrected chi connectivity index (χ0v) is 18.3. The van der Waals surface area contributed by atoms with Crippen molar-refractivity contribution in [2.24, 2.45) is 5.41 Å². The Bertz CT molecular complexity index is 1030. The van der Waals surface area contributed by atoms with Crippen LogP contribution in [0.1, 0.15) is 84.2 Å². The third kappa shape index (κ3) is 4.24. The van der Waals surface area contributed by atoms with Gasteiger partial charge in [0.25, 0.3) is 5.91 Å². The highest BCUT2D eigenvalue weighted by Crippen LogP contribution is 2.41. The number of hydrogen-bond acceptors (Lipinski definition) is 4. The van der Waals surface area contributed by atoms with Crippen LogP contribution in [0.5, 0.6) is 0 Å². The molecule has 1 aromatic heterocycles. The van der Waals surface area contributed by atoms with E-state index >= 15 is 0 Å². The molecular weight excluding hydrogens is 390 g/mol. The Morgan fingerprint density at radius 3 is 2.52 bits per heavy atom. The molecule has 2 atom stereocenters. The molecule has 0 bridgehead atoms. The Morgan fingerprint density at radius 1 is 1.23 bits per heavy atom. The molecule has 2 aromatic rings. The first-order valence-electron chi connectivity index (χ1n) is 11.0. The number of aryl methyl sites for hydroxylation is 1. The summed E-state index contributed by atoms with van der Waals surface area (Å²) in [6, 6.07) is 11.4. The lowest BCUT2D eigenvalue weighted by Crippen LogP contribution is -2.33. The molecule has 0 spiro atoms. The third-order valence-electron chi connectivity index (χ3n) is 6.94. The van der Waals surface area contributed by atoms with Crippen molar-refractivity contribution in [2.75, 3.05) is 0 Å². The van der Waals surface area contributed by atoms with Crippen molar-refractivity contribution in [3.63, 3.8) is 0 Å². The van der Waals surface area contributed by atoms with Crippen molar-refractivity contribution in [2.45, 2.75) is 64.8 Å². The number of rotatable bonds is 6. The van der Waals surface area contributed by atoms with Gasteiger partial charge in [-0.05, 0) is 68.0 Å². The molecular formula is C25H29N3O3. The normalized spacial score (nSPS) is 22.0. The van der Waals surface area contributed by atoms with Crippen LogP contribution in [0.2, 0.25) is 0 Å². The van der Waals surface area contributed by atoms with Gasteiger partial charge in [-0.2, -0.15) is 0 Å². The minimum atomic E-state index is -0.766. The molecule has 2 N–H and O–H groups in total. The number of pyridine rings is 1. The van der Waals surface area contributed by atoms with E-state index in [-0.39, 0.29) is 30.1 Å². The number of carbonyl (C=O) groups is 3. The topological polar surface area (TPSA) is 88.2 Å². The average Bonchev–Trinajstić information content (AvgIpc) is 2.96. The van der Waals surface area contributed by atoms with E-state index in [1.165, 1.54) is 19.3 Å². The number of nitrogens with one attached hydrogen (secondary N) is 2. The molecule has 2 heterocycles. The van der Waals surface area contributed by atoms with Crippen molar-refractivity contribution < 1.29 is 14.4 Å². The summed E-state index contributed by atoms with van der Waals surface area (Å²) in [4.78, 5) is 41.2.